The smallest absolute Gasteiger partial charge is 0.207 e. The predicted molar refractivity (Wildman–Crippen MR) is 105 cm³/mol. The van der Waals surface area contributed by atoms with Crippen LogP contribution in [0.2, 0.25) is 10.0 Å². The average Bonchev–Trinajstić information content (AvgIpc) is 2.62. The number of hydrogen-bond acceptors (Lipinski definition) is 4. The molecule has 1 atom stereocenters. The van der Waals surface area contributed by atoms with E-state index < -0.39 is 26.1 Å². The van der Waals surface area contributed by atoms with Gasteiger partial charge in [-0.1, -0.05) is 23.2 Å². The first-order valence-electron chi connectivity index (χ1n) is 8.15. The summed E-state index contributed by atoms with van der Waals surface area (Å²) < 4.78 is 54.0. The lowest BCUT2D eigenvalue weighted by Gasteiger charge is -2.38. The number of rotatable bonds is 4. The molecular formula is C17H18Cl2N2O4S2. The molecule has 0 radical (unpaired) electrons. The highest BCUT2D eigenvalue weighted by Crippen LogP contribution is 2.26. The molecule has 0 aromatic heterocycles. The van der Waals surface area contributed by atoms with Crippen LogP contribution >= 0.6 is 23.2 Å². The molecule has 6 nitrogen and oxygen atoms in total. The van der Waals surface area contributed by atoms with E-state index in [2.05, 4.69) is 0 Å². The summed E-state index contributed by atoms with van der Waals surface area (Å²) >= 11 is 11.6. The monoisotopic (exact) mass is 448 g/mol. The van der Waals surface area contributed by atoms with Gasteiger partial charge in [0.15, 0.2) is 0 Å². The molecular weight excluding hydrogens is 431 g/mol. The second kappa shape index (κ2) is 7.69. The summed E-state index contributed by atoms with van der Waals surface area (Å²) in [7, 11) is -7.45. The Bertz CT molecular complexity index is 1020. The average molecular weight is 449 g/mol. The van der Waals surface area contributed by atoms with E-state index in [0.717, 1.165) is 0 Å². The minimum absolute atomic E-state index is 0.0672. The summed E-state index contributed by atoms with van der Waals surface area (Å²) in [6.45, 7) is 1.90. The number of piperazine rings is 1. The van der Waals surface area contributed by atoms with Crippen molar-refractivity contribution in [2.45, 2.75) is 22.8 Å². The Kier molecular flexibility index (Phi) is 5.86. The van der Waals surface area contributed by atoms with Gasteiger partial charge >= 0.3 is 0 Å². The summed E-state index contributed by atoms with van der Waals surface area (Å²) in [6.07, 6.45) is 0. The summed E-state index contributed by atoms with van der Waals surface area (Å²) in [6, 6.07) is 11.3. The standard InChI is InChI=1S/C17H18Cl2N2O4S2/c1-13-12-20(26(22,23)16-6-2-14(18)3-7-16)10-11-21(13)27(24,25)17-8-4-15(19)5-9-17/h2-9,13H,10-12H2,1H3. The van der Waals surface area contributed by atoms with E-state index in [-0.39, 0.29) is 29.4 Å². The van der Waals surface area contributed by atoms with E-state index in [9.17, 15) is 16.8 Å². The van der Waals surface area contributed by atoms with Crippen molar-refractivity contribution in [1.82, 2.24) is 8.61 Å². The van der Waals surface area contributed by atoms with E-state index in [1.54, 1.807) is 6.92 Å². The second-order valence-corrected chi connectivity index (χ2v) is 10.9. The highest BCUT2D eigenvalue weighted by atomic mass is 35.5. The molecule has 2 aromatic rings. The van der Waals surface area contributed by atoms with Gasteiger partial charge in [0.25, 0.3) is 0 Å². The van der Waals surface area contributed by atoms with Crippen LogP contribution in [-0.4, -0.2) is 51.1 Å². The fraction of sp³-hybridized carbons (Fsp3) is 0.294. The molecule has 0 spiro atoms. The van der Waals surface area contributed by atoms with Crippen molar-refractivity contribution in [3.8, 4) is 0 Å². The number of halogens is 2. The lowest BCUT2D eigenvalue weighted by molar-refractivity contribution is 0.212. The van der Waals surface area contributed by atoms with Gasteiger partial charge in [0.05, 0.1) is 9.79 Å². The Morgan fingerprint density at radius 3 is 1.67 bits per heavy atom. The zero-order valence-electron chi connectivity index (χ0n) is 14.4. The molecule has 0 amide bonds. The highest BCUT2D eigenvalue weighted by Gasteiger charge is 2.38. The van der Waals surface area contributed by atoms with Crippen molar-refractivity contribution in [1.29, 1.82) is 0 Å². The maximum Gasteiger partial charge on any atom is 0.243 e. The van der Waals surface area contributed by atoms with Gasteiger partial charge < -0.3 is 0 Å². The third kappa shape index (κ3) is 4.16. The first-order chi connectivity index (χ1) is 12.6. The Hall–Kier alpha value is -1.16. The van der Waals surface area contributed by atoms with E-state index >= 15 is 0 Å². The van der Waals surface area contributed by atoms with Crippen molar-refractivity contribution in [3.63, 3.8) is 0 Å². The van der Waals surface area contributed by atoms with Crippen LogP contribution in [0.25, 0.3) is 0 Å². The largest absolute Gasteiger partial charge is 0.243 e. The molecule has 1 aliphatic rings. The Balaban J connectivity index is 1.81. The Morgan fingerprint density at radius 1 is 0.778 bits per heavy atom. The molecule has 0 bridgehead atoms. The first kappa shape index (κ1) is 20.6. The summed E-state index contributed by atoms with van der Waals surface area (Å²) in [5, 5.41) is 0.891. The third-order valence-electron chi connectivity index (χ3n) is 4.40. The van der Waals surface area contributed by atoms with Crippen molar-refractivity contribution >= 4 is 43.2 Å². The Morgan fingerprint density at radius 2 is 1.22 bits per heavy atom. The molecule has 1 saturated heterocycles. The number of sulfonamides is 2. The fourth-order valence-electron chi connectivity index (χ4n) is 2.98. The molecule has 0 N–H and O–H groups in total. The Labute approximate surface area is 169 Å². The number of benzene rings is 2. The van der Waals surface area contributed by atoms with Crippen molar-refractivity contribution < 1.29 is 16.8 Å². The topological polar surface area (TPSA) is 74.8 Å². The molecule has 0 saturated carbocycles. The van der Waals surface area contributed by atoms with E-state index in [4.69, 9.17) is 23.2 Å². The van der Waals surface area contributed by atoms with Crippen LogP contribution < -0.4 is 0 Å². The lowest BCUT2D eigenvalue weighted by Crippen LogP contribution is -2.55. The van der Waals surface area contributed by atoms with Crippen molar-refractivity contribution in [3.05, 3.63) is 58.6 Å². The molecule has 3 rings (SSSR count). The zero-order chi connectivity index (χ0) is 19.8. The maximum atomic E-state index is 12.9. The third-order valence-corrected chi connectivity index (χ3v) is 8.81. The molecule has 1 heterocycles. The van der Waals surface area contributed by atoms with Crippen molar-refractivity contribution in [2.75, 3.05) is 19.6 Å². The van der Waals surface area contributed by atoms with Gasteiger partial charge in [0.2, 0.25) is 20.0 Å². The molecule has 1 fully saturated rings. The predicted octanol–water partition coefficient (Wildman–Crippen LogP) is 3.08. The lowest BCUT2D eigenvalue weighted by atomic mass is 10.3. The zero-order valence-corrected chi connectivity index (χ0v) is 17.6. The van der Waals surface area contributed by atoms with Crippen molar-refractivity contribution in [2.24, 2.45) is 0 Å². The number of hydrogen-bond donors (Lipinski definition) is 0. The SMILES string of the molecule is CC1CN(S(=O)(=O)c2ccc(Cl)cc2)CCN1S(=O)(=O)c1ccc(Cl)cc1. The summed E-state index contributed by atoms with van der Waals surface area (Å²) in [5.41, 5.74) is 0. The van der Waals surface area contributed by atoms with Crippen LogP contribution in [-0.2, 0) is 20.0 Å². The van der Waals surface area contributed by atoms with Crippen LogP contribution in [0.3, 0.4) is 0 Å². The van der Waals surface area contributed by atoms with Gasteiger partial charge in [-0.2, -0.15) is 8.61 Å². The minimum atomic E-state index is -3.73. The maximum absolute atomic E-state index is 12.9. The van der Waals surface area contributed by atoms with Gasteiger partial charge in [0, 0.05) is 35.7 Å². The first-order valence-corrected chi connectivity index (χ1v) is 11.8. The molecule has 10 heteroatoms. The van der Waals surface area contributed by atoms with E-state index in [1.165, 1.54) is 57.1 Å². The van der Waals surface area contributed by atoms with E-state index in [1.807, 2.05) is 0 Å². The van der Waals surface area contributed by atoms with Gasteiger partial charge in [-0.3, -0.25) is 0 Å². The van der Waals surface area contributed by atoms with Crippen LogP contribution in [0, 0.1) is 0 Å². The van der Waals surface area contributed by atoms with E-state index in [0.29, 0.717) is 10.0 Å². The fourth-order valence-corrected chi connectivity index (χ4v) is 6.36. The van der Waals surface area contributed by atoms with Crippen LogP contribution in [0.4, 0.5) is 0 Å². The highest BCUT2D eigenvalue weighted by molar-refractivity contribution is 7.89. The van der Waals surface area contributed by atoms with Crippen LogP contribution in [0.15, 0.2) is 58.3 Å². The molecule has 1 unspecified atom stereocenters. The molecule has 27 heavy (non-hydrogen) atoms. The van der Waals surface area contributed by atoms with Gasteiger partial charge in [-0.05, 0) is 55.5 Å². The normalized spacial score (nSPS) is 19.9. The van der Waals surface area contributed by atoms with Crippen LogP contribution in [0.1, 0.15) is 6.92 Å². The minimum Gasteiger partial charge on any atom is -0.207 e. The number of nitrogens with zero attached hydrogens (tertiary/aromatic N) is 2. The molecule has 146 valence electrons. The van der Waals surface area contributed by atoms with Gasteiger partial charge in [0.1, 0.15) is 0 Å². The van der Waals surface area contributed by atoms with Gasteiger partial charge in [-0.15, -0.1) is 0 Å². The van der Waals surface area contributed by atoms with Crippen LogP contribution in [0.5, 0.6) is 0 Å². The molecule has 1 aliphatic heterocycles. The molecule has 2 aromatic carbocycles. The summed E-state index contributed by atoms with van der Waals surface area (Å²) in [4.78, 5) is 0.265. The summed E-state index contributed by atoms with van der Waals surface area (Å²) in [5.74, 6) is 0. The van der Waals surface area contributed by atoms with Gasteiger partial charge in [-0.25, -0.2) is 16.8 Å². The molecule has 0 aliphatic carbocycles. The quantitative estimate of drug-likeness (QED) is 0.719. The second-order valence-electron chi connectivity index (χ2n) is 6.24.